The summed E-state index contributed by atoms with van der Waals surface area (Å²) in [4.78, 5) is 10.7. The number of carbonyl (C=O) groups excluding carboxylic acids is 1. The highest BCUT2D eigenvalue weighted by Gasteiger charge is 2.30. The summed E-state index contributed by atoms with van der Waals surface area (Å²) in [5.41, 5.74) is -0.980. The van der Waals surface area contributed by atoms with Crippen LogP contribution in [0.5, 0.6) is 0 Å². The van der Waals surface area contributed by atoms with E-state index in [2.05, 4.69) is 4.74 Å². The van der Waals surface area contributed by atoms with Crippen molar-refractivity contribution in [3.8, 4) is 0 Å². The number of methoxy groups -OCH3 is 1. The van der Waals surface area contributed by atoms with Gasteiger partial charge in [-0.3, -0.25) is 0 Å². The topological polar surface area (TPSA) is 26.3 Å². The van der Waals surface area contributed by atoms with Gasteiger partial charge in [0, 0.05) is 0 Å². The van der Waals surface area contributed by atoms with Gasteiger partial charge in [0.05, 0.1) is 12.7 Å². The number of benzene rings is 1. The molecule has 1 aromatic carbocycles. The van der Waals surface area contributed by atoms with Crippen LogP contribution < -0.4 is 0 Å². The van der Waals surface area contributed by atoms with Crippen LogP contribution in [0.15, 0.2) is 30.1 Å². The minimum atomic E-state index is -4.51. The van der Waals surface area contributed by atoms with Crippen LogP contribution in [0.3, 0.4) is 0 Å². The van der Waals surface area contributed by atoms with E-state index in [9.17, 15) is 22.4 Å². The van der Waals surface area contributed by atoms with Gasteiger partial charge in [-0.2, -0.15) is 17.6 Å². The lowest BCUT2D eigenvalue weighted by Gasteiger charge is -2.06. The zero-order valence-electron chi connectivity index (χ0n) is 8.72. The molecule has 0 aliphatic heterocycles. The lowest BCUT2D eigenvalue weighted by atomic mass is 10.1. The Balaban J connectivity index is 3.05. The first-order valence-corrected chi connectivity index (χ1v) is 4.47. The third-order valence-electron chi connectivity index (χ3n) is 1.89. The average molecular weight is 248 g/mol. The molecule has 0 saturated heterocycles. The van der Waals surface area contributed by atoms with Crippen molar-refractivity contribution in [1.82, 2.24) is 0 Å². The highest BCUT2D eigenvalue weighted by Crippen LogP contribution is 2.29. The zero-order valence-corrected chi connectivity index (χ0v) is 8.72. The predicted molar refractivity (Wildman–Crippen MR) is 52.5 cm³/mol. The van der Waals surface area contributed by atoms with Gasteiger partial charge in [-0.15, -0.1) is 0 Å². The van der Waals surface area contributed by atoms with Gasteiger partial charge in [0.25, 0.3) is 0 Å². The molecule has 92 valence electrons. The number of alkyl halides is 3. The Kier molecular flexibility index (Phi) is 3.88. The predicted octanol–water partition coefficient (Wildman–Crippen LogP) is 3.19. The molecular formula is C11H8F4O2. The number of esters is 1. The van der Waals surface area contributed by atoms with E-state index in [0.717, 1.165) is 25.3 Å². The number of carbonyl (C=O) groups is 1. The van der Waals surface area contributed by atoms with Crippen molar-refractivity contribution in [2.75, 3.05) is 7.11 Å². The Bertz CT molecular complexity index is 449. The maximum absolute atomic E-state index is 13.0. The van der Waals surface area contributed by atoms with Gasteiger partial charge in [-0.05, 0) is 23.8 Å². The van der Waals surface area contributed by atoms with Crippen LogP contribution in [0, 0.1) is 0 Å². The molecule has 17 heavy (non-hydrogen) atoms. The van der Waals surface area contributed by atoms with E-state index in [0.29, 0.717) is 6.08 Å². The van der Waals surface area contributed by atoms with Crippen molar-refractivity contribution < 1.29 is 27.1 Å². The number of hydrogen-bond donors (Lipinski definition) is 0. The molecule has 1 aromatic rings. The molecule has 0 saturated carbocycles. The second-order valence-corrected chi connectivity index (χ2v) is 3.11. The maximum atomic E-state index is 13.0. The van der Waals surface area contributed by atoms with E-state index in [1.165, 1.54) is 6.07 Å². The van der Waals surface area contributed by atoms with Crippen molar-refractivity contribution in [3.05, 3.63) is 41.2 Å². The van der Waals surface area contributed by atoms with Gasteiger partial charge < -0.3 is 4.74 Å². The molecular weight excluding hydrogens is 240 g/mol. The van der Waals surface area contributed by atoms with Crippen molar-refractivity contribution in [2.24, 2.45) is 0 Å². The highest BCUT2D eigenvalue weighted by atomic mass is 19.4. The van der Waals surface area contributed by atoms with E-state index in [-0.39, 0.29) is 5.56 Å². The van der Waals surface area contributed by atoms with Gasteiger partial charge in [-0.1, -0.05) is 12.1 Å². The summed E-state index contributed by atoms with van der Waals surface area (Å²) < 4.78 is 54.1. The zero-order chi connectivity index (χ0) is 13.1. The van der Waals surface area contributed by atoms with Gasteiger partial charge in [0.1, 0.15) is 0 Å². The molecule has 0 spiro atoms. The normalized spacial score (nSPS) is 12.4. The van der Waals surface area contributed by atoms with Crippen molar-refractivity contribution in [3.63, 3.8) is 0 Å². The van der Waals surface area contributed by atoms with Gasteiger partial charge in [0.2, 0.25) is 5.83 Å². The minimum absolute atomic E-state index is 0.0669. The molecule has 0 aliphatic rings. The molecule has 0 bridgehead atoms. The highest BCUT2D eigenvalue weighted by molar-refractivity contribution is 5.91. The molecule has 6 heteroatoms. The third kappa shape index (κ3) is 3.58. The summed E-state index contributed by atoms with van der Waals surface area (Å²) in [7, 11) is 0.974. The number of rotatable bonds is 2. The summed E-state index contributed by atoms with van der Waals surface area (Å²) in [6.07, 6.45) is -3.83. The van der Waals surface area contributed by atoms with Gasteiger partial charge in [-0.25, -0.2) is 4.79 Å². The number of ether oxygens (including phenoxy) is 1. The Morgan fingerprint density at radius 2 is 2.00 bits per heavy atom. The molecule has 2 nitrogen and oxygen atoms in total. The Labute approximate surface area is 94.5 Å². The third-order valence-corrected chi connectivity index (χ3v) is 1.89. The summed E-state index contributed by atoms with van der Waals surface area (Å²) in [5.74, 6) is -2.49. The lowest BCUT2D eigenvalue weighted by Crippen LogP contribution is -2.05. The molecule has 0 radical (unpaired) electrons. The summed E-state index contributed by atoms with van der Waals surface area (Å²) in [6.45, 7) is 0. The monoisotopic (exact) mass is 248 g/mol. The van der Waals surface area contributed by atoms with Gasteiger partial charge >= 0.3 is 12.1 Å². The van der Waals surface area contributed by atoms with Gasteiger partial charge in [0.15, 0.2) is 0 Å². The molecule has 0 heterocycles. The van der Waals surface area contributed by atoms with Crippen LogP contribution in [0.4, 0.5) is 17.6 Å². The van der Waals surface area contributed by atoms with Crippen LogP contribution in [0.1, 0.15) is 11.1 Å². The van der Waals surface area contributed by atoms with E-state index in [1.807, 2.05) is 0 Å². The van der Waals surface area contributed by atoms with Crippen molar-refractivity contribution in [1.29, 1.82) is 0 Å². The minimum Gasteiger partial charge on any atom is -0.464 e. The molecule has 1 rings (SSSR count). The fourth-order valence-corrected chi connectivity index (χ4v) is 1.11. The Hall–Kier alpha value is -1.85. The van der Waals surface area contributed by atoms with E-state index in [4.69, 9.17) is 0 Å². The van der Waals surface area contributed by atoms with E-state index < -0.39 is 23.5 Å². The maximum Gasteiger partial charge on any atom is 0.416 e. The number of halogens is 4. The Morgan fingerprint density at radius 3 is 2.53 bits per heavy atom. The quantitative estimate of drug-likeness (QED) is 0.456. The van der Waals surface area contributed by atoms with E-state index >= 15 is 0 Å². The molecule has 0 aliphatic carbocycles. The van der Waals surface area contributed by atoms with Crippen molar-refractivity contribution >= 4 is 12.0 Å². The first-order valence-electron chi connectivity index (χ1n) is 4.47. The van der Waals surface area contributed by atoms with Crippen LogP contribution >= 0.6 is 0 Å². The first kappa shape index (κ1) is 13.2. The fraction of sp³-hybridized carbons (Fsp3) is 0.182. The molecule has 0 atom stereocenters. The summed E-state index contributed by atoms with van der Waals surface area (Å²) >= 11 is 0. The molecule has 0 unspecified atom stereocenters. The SMILES string of the molecule is COC(=O)/C(F)=C/c1cccc(C(F)(F)F)c1. The second-order valence-electron chi connectivity index (χ2n) is 3.11. The summed E-state index contributed by atoms with van der Waals surface area (Å²) in [6, 6.07) is 3.97. The van der Waals surface area contributed by atoms with E-state index in [1.54, 1.807) is 0 Å². The largest absolute Gasteiger partial charge is 0.464 e. The van der Waals surface area contributed by atoms with Crippen LogP contribution in [-0.4, -0.2) is 13.1 Å². The lowest BCUT2D eigenvalue weighted by molar-refractivity contribution is -0.138. The number of hydrogen-bond acceptors (Lipinski definition) is 2. The first-order chi connectivity index (χ1) is 7.84. The molecule has 0 fully saturated rings. The summed E-state index contributed by atoms with van der Waals surface area (Å²) in [5, 5.41) is 0. The second kappa shape index (κ2) is 4.99. The standard InChI is InChI=1S/C11H8F4O2/c1-17-10(16)9(12)6-7-3-2-4-8(5-7)11(13,14)15/h2-6H,1H3/b9-6-. The Morgan fingerprint density at radius 1 is 1.35 bits per heavy atom. The van der Waals surface area contributed by atoms with Crippen LogP contribution in [-0.2, 0) is 15.7 Å². The molecule has 0 N–H and O–H groups in total. The molecule has 0 amide bonds. The molecule has 0 aromatic heterocycles. The smallest absolute Gasteiger partial charge is 0.416 e. The van der Waals surface area contributed by atoms with Crippen LogP contribution in [0.25, 0.3) is 6.08 Å². The van der Waals surface area contributed by atoms with Crippen molar-refractivity contribution in [2.45, 2.75) is 6.18 Å². The van der Waals surface area contributed by atoms with Crippen LogP contribution in [0.2, 0.25) is 0 Å². The fourth-order valence-electron chi connectivity index (χ4n) is 1.11. The average Bonchev–Trinajstić information content (AvgIpc) is 2.27.